The number of ether oxygens (including phenoxy) is 3. The van der Waals surface area contributed by atoms with Gasteiger partial charge in [-0.05, 0) is 23.0 Å². The van der Waals surface area contributed by atoms with Crippen LogP contribution in [0.25, 0.3) is 0 Å². The van der Waals surface area contributed by atoms with E-state index in [1.54, 1.807) is 0 Å². The molecular weight excluding hydrogens is 414 g/mol. The number of hydrogen-bond donors (Lipinski definition) is 3. The van der Waals surface area contributed by atoms with E-state index >= 15 is 0 Å². The highest BCUT2D eigenvalue weighted by Crippen LogP contribution is 2.46. The summed E-state index contributed by atoms with van der Waals surface area (Å²) in [5.41, 5.74) is 0.960. The zero-order valence-electron chi connectivity index (χ0n) is 15.3. The monoisotopic (exact) mass is 430 g/mol. The lowest BCUT2D eigenvalue weighted by molar-refractivity contribution is -0.386. The van der Waals surface area contributed by atoms with E-state index in [0.29, 0.717) is 0 Å². The first-order valence-corrected chi connectivity index (χ1v) is 9.00. The van der Waals surface area contributed by atoms with Crippen LogP contribution in [-0.4, -0.2) is 52.0 Å². The Balaban J connectivity index is 2.34. The van der Waals surface area contributed by atoms with Crippen molar-refractivity contribution in [2.24, 2.45) is 5.10 Å². The summed E-state index contributed by atoms with van der Waals surface area (Å²) >= 11 is 0. The number of hydrazone groups is 1. The van der Waals surface area contributed by atoms with Crippen molar-refractivity contribution in [3.63, 3.8) is 0 Å². The molecule has 0 atom stereocenters. The molecule has 29 heavy (non-hydrogen) atoms. The van der Waals surface area contributed by atoms with Crippen molar-refractivity contribution in [3.8, 4) is 17.2 Å². The van der Waals surface area contributed by atoms with Gasteiger partial charge in [0, 0.05) is 6.07 Å². The number of amides is 1. The van der Waals surface area contributed by atoms with Gasteiger partial charge in [0.15, 0.2) is 10.8 Å². The van der Waals surface area contributed by atoms with E-state index in [2.05, 4.69) is 5.10 Å². The maximum atomic E-state index is 12.4. The van der Waals surface area contributed by atoms with Crippen molar-refractivity contribution in [3.05, 3.63) is 39.6 Å². The van der Waals surface area contributed by atoms with Crippen molar-refractivity contribution in [1.29, 1.82) is 0 Å². The fourth-order valence-electron chi connectivity index (χ4n) is 2.26. The molecule has 0 unspecified atom stereocenters. The number of methoxy groups -OCH3 is 3. The highest BCUT2D eigenvalue weighted by Gasteiger charge is 2.32. The zero-order chi connectivity index (χ0) is 21.8. The Morgan fingerprint density at radius 2 is 1.90 bits per heavy atom. The third kappa shape index (κ3) is 4.75. The second kappa shape index (κ2) is 8.78. The summed E-state index contributed by atoms with van der Waals surface area (Å²) in [7, 11) is -0.590. The lowest BCUT2D eigenvalue weighted by Crippen LogP contribution is -2.19. The van der Waals surface area contributed by atoms with Crippen LogP contribution in [0.2, 0.25) is 0 Å². The first-order chi connectivity index (χ1) is 13.6. The molecule has 0 bridgehead atoms. The molecule has 14 heteroatoms. The highest BCUT2D eigenvalue weighted by molar-refractivity contribution is 8.19. The third-order valence-corrected chi connectivity index (χ3v) is 4.20. The van der Waals surface area contributed by atoms with Gasteiger partial charge in [-0.2, -0.15) is 5.10 Å². The van der Waals surface area contributed by atoms with Crippen molar-refractivity contribution in [2.75, 3.05) is 21.3 Å². The molecule has 3 N–H and O–H groups in total. The lowest BCUT2D eigenvalue weighted by Gasteiger charge is -2.29. The van der Waals surface area contributed by atoms with Crippen LogP contribution in [0.1, 0.15) is 16.1 Å². The molecule has 0 radical (unpaired) electrons. The maximum absolute atomic E-state index is 12.4. The molecule has 0 spiro atoms. The first-order valence-electron chi connectivity index (χ1n) is 7.53. The molecule has 13 nitrogen and oxygen atoms in total. The smallest absolute Gasteiger partial charge is 0.327 e. The Morgan fingerprint density at radius 1 is 1.24 bits per heavy atom. The number of carbonyl (C=O) groups excluding carboxylic acids is 1. The number of rotatable bonds is 8. The van der Waals surface area contributed by atoms with E-state index in [1.165, 1.54) is 27.4 Å². The molecule has 0 aliphatic carbocycles. The van der Waals surface area contributed by atoms with Gasteiger partial charge in [0.1, 0.15) is 11.3 Å². The Labute approximate surface area is 165 Å². The van der Waals surface area contributed by atoms with Gasteiger partial charge >= 0.3 is 5.69 Å². The third-order valence-electron chi connectivity index (χ3n) is 3.45. The van der Waals surface area contributed by atoms with Crippen LogP contribution >= 0.6 is 10.9 Å². The Morgan fingerprint density at radius 3 is 2.38 bits per heavy atom. The minimum absolute atomic E-state index is 0.0143. The van der Waals surface area contributed by atoms with Crippen molar-refractivity contribution in [1.82, 2.24) is 5.43 Å². The van der Waals surface area contributed by atoms with Crippen LogP contribution in [0.5, 0.6) is 17.2 Å². The van der Waals surface area contributed by atoms with E-state index in [1.807, 2.05) is 5.43 Å². The molecule has 0 aliphatic rings. The van der Waals surface area contributed by atoms with E-state index in [4.69, 9.17) is 27.7 Å². The maximum Gasteiger partial charge on any atom is 0.327 e. The van der Waals surface area contributed by atoms with Gasteiger partial charge in [-0.15, -0.1) is 0 Å². The molecular formula is C15H16N3O10S-. The van der Waals surface area contributed by atoms with E-state index in [0.717, 1.165) is 18.3 Å². The summed E-state index contributed by atoms with van der Waals surface area (Å²) in [6.45, 7) is 0. The van der Waals surface area contributed by atoms with E-state index in [9.17, 15) is 19.5 Å². The average Bonchev–Trinajstić information content (AvgIpc) is 3.15. The number of hydrogen-bond acceptors (Lipinski definition) is 11. The van der Waals surface area contributed by atoms with Gasteiger partial charge in [-0.3, -0.25) is 14.9 Å². The summed E-state index contributed by atoms with van der Waals surface area (Å²) < 4.78 is 49.0. The Hall–Kier alpha value is -3.33. The van der Waals surface area contributed by atoms with Crippen LogP contribution in [0.4, 0.5) is 5.69 Å². The van der Waals surface area contributed by atoms with Gasteiger partial charge in [0.05, 0.1) is 32.5 Å². The van der Waals surface area contributed by atoms with Crippen molar-refractivity contribution in [2.45, 2.75) is 5.09 Å². The predicted octanol–water partition coefficient (Wildman–Crippen LogP) is 2.22. The molecule has 1 aromatic heterocycles. The van der Waals surface area contributed by atoms with Crippen LogP contribution in [0.15, 0.2) is 32.8 Å². The summed E-state index contributed by atoms with van der Waals surface area (Å²) in [5, 5.41) is 14.4. The minimum Gasteiger partial charge on any atom is -0.767 e. The molecule has 0 fully saturated rings. The molecule has 1 aromatic carbocycles. The minimum atomic E-state index is -4.28. The quantitative estimate of drug-likeness (QED) is 0.318. The number of nitrogens with zero attached hydrogens (tertiary/aromatic N) is 2. The molecule has 2 aromatic rings. The topological polar surface area (TPSA) is 189 Å². The van der Waals surface area contributed by atoms with Crippen molar-refractivity contribution < 1.29 is 42.0 Å². The zero-order valence-corrected chi connectivity index (χ0v) is 16.1. The lowest BCUT2D eigenvalue weighted by atomic mass is 10.1. The number of carbonyl (C=O) groups is 1. The SMILES string of the molecule is COc1cc(C(=O)NN=Cc2ccc(S([O-])(O)O)o2)c([N+](=O)[O-])c(OC)c1OC. The number of furan rings is 1. The molecule has 1 heterocycles. The standard InChI is InChI=1S/C15H17N3O10S/c1-25-10-6-9(12(18(20)21)14(27-3)13(10)26-2)15(19)17-16-7-8-4-5-11(28-8)29(22,23)24/h4-7,22-24H,1-3H3,(H,17,19)/p-1. The van der Waals surface area contributed by atoms with Crippen LogP contribution < -0.4 is 19.6 Å². The summed E-state index contributed by atoms with van der Waals surface area (Å²) in [6, 6.07) is 3.33. The summed E-state index contributed by atoms with van der Waals surface area (Å²) in [6.07, 6.45) is 0.955. The van der Waals surface area contributed by atoms with Gasteiger partial charge in [0.25, 0.3) is 5.91 Å². The molecule has 0 saturated heterocycles. The molecule has 2 rings (SSSR count). The van der Waals surface area contributed by atoms with Gasteiger partial charge in [-0.25, -0.2) is 5.43 Å². The van der Waals surface area contributed by atoms with E-state index < -0.39 is 38.0 Å². The van der Waals surface area contributed by atoms with Crippen LogP contribution in [0, 0.1) is 10.1 Å². The molecule has 158 valence electrons. The number of nitro benzene ring substituents is 1. The van der Waals surface area contributed by atoms with Gasteiger partial charge in [-0.1, -0.05) is 0 Å². The fourth-order valence-corrected chi connectivity index (χ4v) is 2.71. The molecule has 0 aliphatic heterocycles. The Kier molecular flexibility index (Phi) is 6.65. The van der Waals surface area contributed by atoms with Crippen LogP contribution in [0.3, 0.4) is 0 Å². The molecule has 1 amide bonds. The second-order valence-electron chi connectivity index (χ2n) is 5.15. The normalized spacial score (nSPS) is 11.9. The second-order valence-corrected chi connectivity index (χ2v) is 6.55. The predicted molar refractivity (Wildman–Crippen MR) is 98.4 cm³/mol. The number of nitro groups is 1. The van der Waals surface area contributed by atoms with E-state index in [-0.39, 0.29) is 23.0 Å². The van der Waals surface area contributed by atoms with Crippen molar-refractivity contribution >= 4 is 28.7 Å². The summed E-state index contributed by atoms with van der Waals surface area (Å²) in [5.74, 6) is -1.42. The fraction of sp³-hybridized carbons (Fsp3) is 0.200. The average molecular weight is 430 g/mol. The van der Waals surface area contributed by atoms with Gasteiger partial charge < -0.3 is 32.3 Å². The number of benzene rings is 1. The highest BCUT2D eigenvalue weighted by atomic mass is 32.3. The van der Waals surface area contributed by atoms with Gasteiger partial charge in [0.2, 0.25) is 11.5 Å². The number of nitrogens with one attached hydrogen (secondary N) is 1. The Bertz CT molecular complexity index is 951. The van der Waals surface area contributed by atoms with Crippen LogP contribution in [-0.2, 0) is 0 Å². The largest absolute Gasteiger partial charge is 0.767 e. The molecule has 0 saturated carbocycles. The summed E-state index contributed by atoms with van der Waals surface area (Å²) in [4.78, 5) is 23.1. The first kappa shape index (κ1) is 22.0.